The first kappa shape index (κ1) is 14.3. The Labute approximate surface area is 125 Å². The number of aliphatic hydroxyl groups is 1. The molecule has 1 aromatic carbocycles. The van der Waals surface area contributed by atoms with E-state index in [1.54, 1.807) is 6.20 Å². The van der Waals surface area contributed by atoms with Gasteiger partial charge in [-0.25, -0.2) is 4.79 Å². The van der Waals surface area contributed by atoms with Crippen LogP contribution < -0.4 is 0 Å². The van der Waals surface area contributed by atoms with Crippen LogP contribution in [0.4, 0.5) is 4.79 Å². The van der Waals surface area contributed by atoms with Crippen LogP contribution in [0, 0.1) is 3.57 Å². The number of nitrogens with zero attached hydrogens (tertiary/aromatic N) is 1. The highest BCUT2D eigenvalue weighted by atomic mass is 127. The summed E-state index contributed by atoms with van der Waals surface area (Å²) < 4.78 is 7.82. The Bertz CT molecular complexity index is 625. The van der Waals surface area contributed by atoms with Gasteiger partial charge < -0.3 is 9.84 Å². The van der Waals surface area contributed by atoms with E-state index in [4.69, 9.17) is 4.74 Å². The lowest BCUT2D eigenvalue weighted by molar-refractivity contribution is 0.0544. The summed E-state index contributed by atoms with van der Waals surface area (Å²) in [5.41, 5.74) is 0.936. The van der Waals surface area contributed by atoms with Gasteiger partial charge in [-0.3, -0.25) is 4.57 Å². The zero-order valence-electron chi connectivity index (χ0n) is 11.1. The largest absolute Gasteiger partial charge is 0.443 e. The number of benzene rings is 1. The van der Waals surface area contributed by atoms with Crippen LogP contribution >= 0.6 is 22.6 Å². The third-order valence-corrected chi connectivity index (χ3v) is 3.52. The molecule has 0 saturated heterocycles. The average Bonchev–Trinajstić information content (AvgIpc) is 2.67. The van der Waals surface area contributed by atoms with Crippen molar-refractivity contribution in [1.29, 1.82) is 0 Å². The third kappa shape index (κ3) is 2.92. The molecule has 0 bridgehead atoms. The minimum absolute atomic E-state index is 0.105. The molecule has 0 aliphatic carbocycles. The Balaban J connectivity index is 2.56. The molecule has 102 valence electrons. The number of fused-ring (bicyclic) bond motifs is 1. The molecule has 0 atom stereocenters. The molecule has 0 aliphatic rings. The van der Waals surface area contributed by atoms with E-state index < -0.39 is 11.7 Å². The van der Waals surface area contributed by atoms with Gasteiger partial charge in [-0.15, -0.1) is 0 Å². The lowest BCUT2D eigenvalue weighted by Crippen LogP contribution is -2.26. The standard InChI is InChI=1S/C14H16INO3/c1-14(2,3)19-13(18)16-7-9(8-17)12-10(15)5-4-6-11(12)16/h4-7,17H,8H2,1-3H3. The van der Waals surface area contributed by atoms with Crippen LogP contribution in [-0.2, 0) is 11.3 Å². The van der Waals surface area contributed by atoms with Crippen molar-refractivity contribution >= 4 is 39.6 Å². The first-order valence-electron chi connectivity index (χ1n) is 5.96. The fourth-order valence-electron chi connectivity index (χ4n) is 1.90. The van der Waals surface area contributed by atoms with Gasteiger partial charge in [0.25, 0.3) is 0 Å². The van der Waals surface area contributed by atoms with Crippen LogP contribution in [-0.4, -0.2) is 21.4 Å². The first-order chi connectivity index (χ1) is 8.83. The van der Waals surface area contributed by atoms with E-state index in [0.717, 1.165) is 20.0 Å². The first-order valence-corrected chi connectivity index (χ1v) is 7.04. The molecule has 0 radical (unpaired) electrons. The van der Waals surface area contributed by atoms with E-state index >= 15 is 0 Å². The van der Waals surface area contributed by atoms with Gasteiger partial charge in [0.1, 0.15) is 5.60 Å². The molecule has 5 heteroatoms. The second-order valence-corrected chi connectivity index (χ2v) is 6.46. The number of hydrogen-bond donors (Lipinski definition) is 1. The van der Waals surface area contributed by atoms with E-state index in [1.165, 1.54) is 4.57 Å². The maximum atomic E-state index is 12.2. The SMILES string of the molecule is CC(C)(C)OC(=O)n1cc(CO)c2c(I)cccc21. The number of carbonyl (C=O) groups is 1. The van der Waals surface area contributed by atoms with Crippen molar-refractivity contribution in [1.82, 2.24) is 4.57 Å². The second kappa shape index (κ2) is 5.13. The van der Waals surface area contributed by atoms with Crippen molar-refractivity contribution in [2.75, 3.05) is 0 Å². The zero-order valence-corrected chi connectivity index (χ0v) is 13.3. The van der Waals surface area contributed by atoms with E-state index in [2.05, 4.69) is 22.6 Å². The Kier molecular flexibility index (Phi) is 3.87. The highest BCUT2D eigenvalue weighted by molar-refractivity contribution is 14.1. The zero-order chi connectivity index (χ0) is 14.2. The average molecular weight is 373 g/mol. The number of hydrogen-bond acceptors (Lipinski definition) is 3. The molecule has 0 amide bonds. The fourth-order valence-corrected chi connectivity index (χ4v) is 2.73. The van der Waals surface area contributed by atoms with Crippen LogP contribution in [0.1, 0.15) is 26.3 Å². The highest BCUT2D eigenvalue weighted by Crippen LogP contribution is 2.27. The van der Waals surface area contributed by atoms with Gasteiger partial charge in [-0.1, -0.05) is 6.07 Å². The van der Waals surface area contributed by atoms with Crippen LogP contribution in [0.3, 0.4) is 0 Å². The van der Waals surface area contributed by atoms with Crippen molar-refractivity contribution in [2.45, 2.75) is 33.0 Å². The van der Waals surface area contributed by atoms with Gasteiger partial charge in [0, 0.05) is 20.7 Å². The van der Waals surface area contributed by atoms with Crippen molar-refractivity contribution in [2.24, 2.45) is 0 Å². The Morgan fingerprint density at radius 2 is 2.11 bits per heavy atom. The summed E-state index contributed by atoms with van der Waals surface area (Å²) >= 11 is 2.20. The lowest BCUT2D eigenvalue weighted by Gasteiger charge is -2.19. The van der Waals surface area contributed by atoms with Crippen molar-refractivity contribution < 1.29 is 14.6 Å². The number of aromatic nitrogens is 1. The smallest absolute Gasteiger partial charge is 0.419 e. The fraction of sp³-hybridized carbons (Fsp3) is 0.357. The minimum atomic E-state index is -0.547. The van der Waals surface area contributed by atoms with Gasteiger partial charge in [-0.05, 0) is 55.5 Å². The van der Waals surface area contributed by atoms with Crippen LogP contribution in [0.2, 0.25) is 0 Å². The molecule has 0 spiro atoms. The topological polar surface area (TPSA) is 51.5 Å². The second-order valence-electron chi connectivity index (χ2n) is 5.30. The summed E-state index contributed by atoms with van der Waals surface area (Å²) in [6, 6.07) is 5.67. The van der Waals surface area contributed by atoms with Gasteiger partial charge in [0.05, 0.1) is 12.1 Å². The van der Waals surface area contributed by atoms with E-state index in [0.29, 0.717) is 0 Å². The van der Waals surface area contributed by atoms with E-state index in [-0.39, 0.29) is 6.61 Å². The van der Waals surface area contributed by atoms with Crippen LogP contribution in [0.5, 0.6) is 0 Å². The minimum Gasteiger partial charge on any atom is -0.443 e. The summed E-state index contributed by atoms with van der Waals surface area (Å²) in [5.74, 6) is 0. The maximum Gasteiger partial charge on any atom is 0.419 e. The predicted molar refractivity (Wildman–Crippen MR) is 82.2 cm³/mol. The number of carbonyl (C=O) groups excluding carboxylic acids is 1. The summed E-state index contributed by atoms with van der Waals surface area (Å²) in [6.45, 7) is 5.38. The third-order valence-electron chi connectivity index (χ3n) is 2.62. The Morgan fingerprint density at radius 1 is 1.42 bits per heavy atom. The van der Waals surface area contributed by atoms with Gasteiger partial charge in [0.15, 0.2) is 0 Å². The molecular formula is C14H16INO3. The molecule has 0 saturated carbocycles. The molecule has 2 rings (SSSR count). The Hall–Kier alpha value is -1.08. The molecule has 0 aliphatic heterocycles. The quantitative estimate of drug-likeness (QED) is 0.779. The Morgan fingerprint density at radius 3 is 2.68 bits per heavy atom. The normalized spacial score (nSPS) is 11.8. The van der Waals surface area contributed by atoms with Crippen molar-refractivity contribution in [3.63, 3.8) is 0 Å². The van der Waals surface area contributed by atoms with Crippen LogP contribution in [0.15, 0.2) is 24.4 Å². The molecule has 19 heavy (non-hydrogen) atoms. The van der Waals surface area contributed by atoms with Crippen LogP contribution in [0.25, 0.3) is 10.9 Å². The van der Waals surface area contributed by atoms with E-state index in [1.807, 2.05) is 39.0 Å². The maximum absolute atomic E-state index is 12.2. The summed E-state index contributed by atoms with van der Waals surface area (Å²) in [7, 11) is 0. The molecule has 4 nitrogen and oxygen atoms in total. The van der Waals surface area contributed by atoms with Gasteiger partial charge in [0.2, 0.25) is 0 Å². The molecular weight excluding hydrogens is 357 g/mol. The van der Waals surface area contributed by atoms with Gasteiger partial charge >= 0.3 is 6.09 Å². The lowest BCUT2D eigenvalue weighted by atomic mass is 10.2. The summed E-state index contributed by atoms with van der Waals surface area (Å²) in [4.78, 5) is 12.2. The van der Waals surface area contributed by atoms with Gasteiger partial charge in [-0.2, -0.15) is 0 Å². The molecule has 1 heterocycles. The molecule has 1 N–H and O–H groups in total. The monoisotopic (exact) mass is 373 g/mol. The predicted octanol–water partition coefficient (Wildman–Crippen LogP) is 3.52. The molecule has 0 unspecified atom stereocenters. The summed E-state index contributed by atoms with van der Waals surface area (Å²) in [6.07, 6.45) is 1.21. The number of aliphatic hydroxyl groups excluding tert-OH is 1. The highest BCUT2D eigenvalue weighted by Gasteiger charge is 2.21. The van der Waals surface area contributed by atoms with Crippen molar-refractivity contribution in [3.8, 4) is 0 Å². The summed E-state index contributed by atoms with van der Waals surface area (Å²) in [5, 5.41) is 10.3. The number of halogens is 1. The molecule has 2 aromatic rings. The molecule has 0 fully saturated rings. The van der Waals surface area contributed by atoms with Crippen molar-refractivity contribution in [3.05, 3.63) is 33.5 Å². The molecule has 1 aromatic heterocycles. The number of ether oxygens (including phenoxy) is 1. The van der Waals surface area contributed by atoms with E-state index in [9.17, 15) is 9.90 Å². The number of rotatable bonds is 1.